The van der Waals surface area contributed by atoms with Gasteiger partial charge in [0.1, 0.15) is 58.1 Å². The number of aromatic nitrogens is 5. The summed E-state index contributed by atoms with van der Waals surface area (Å²) in [6.45, 7) is 36.9. The molecule has 3 aromatic rings. The molecule has 3 aromatic heterocycles. The van der Waals surface area contributed by atoms with Crippen LogP contribution in [0, 0.1) is 11.3 Å². The predicted molar refractivity (Wildman–Crippen MR) is 394 cm³/mol. The smallest absolute Gasteiger partial charge is 0.410 e. The van der Waals surface area contributed by atoms with Crippen LogP contribution in [0.3, 0.4) is 0 Å². The maximum atomic E-state index is 12.6. The van der Waals surface area contributed by atoms with Gasteiger partial charge in [-0.05, 0) is 57.5 Å². The molecule has 0 unspecified atom stereocenters. The molecular weight excluding hydrogens is 1530 g/mol. The van der Waals surface area contributed by atoms with Gasteiger partial charge in [0, 0.05) is 182 Å². The van der Waals surface area contributed by atoms with Crippen LogP contribution in [0.1, 0.15) is 46.4 Å². The normalized spacial score (nSPS) is 18.7. The molecule has 8 fully saturated rings. The summed E-state index contributed by atoms with van der Waals surface area (Å²) in [6, 6.07) is 5.70. The first-order valence-electron chi connectivity index (χ1n) is 34.1. The Bertz CT molecular complexity index is 3060. The molecule has 8 aliphatic heterocycles. The zero-order valence-corrected chi connectivity index (χ0v) is 64.7. The Morgan fingerprint density at radius 3 is 1.25 bits per heavy atom. The number of nitriles is 1. The van der Waals surface area contributed by atoms with Crippen molar-refractivity contribution in [3.05, 3.63) is 35.9 Å². The molecule has 8 saturated heterocycles. The zero-order valence-electron chi connectivity index (χ0n) is 59.2. The van der Waals surface area contributed by atoms with Crippen molar-refractivity contribution in [2.24, 2.45) is 0 Å². The number of halogens is 3. The molecule has 101 heavy (non-hydrogen) atoms. The number of morpholine rings is 3. The third kappa shape index (κ3) is 32.1. The Morgan fingerprint density at radius 2 is 0.871 bits per heavy atom. The number of alkyl halides is 2. The number of nitrogens with two attached hydrogens (primary N) is 1. The average Bonchev–Trinajstić information content (AvgIpc) is 1.53. The quantitative estimate of drug-likeness (QED) is 0.149. The van der Waals surface area contributed by atoms with Crippen LogP contribution in [0.15, 0.2) is 31.0 Å². The highest BCUT2D eigenvalue weighted by Crippen LogP contribution is 2.24. The van der Waals surface area contributed by atoms with Gasteiger partial charge in [0.05, 0.1) is 76.1 Å². The van der Waals surface area contributed by atoms with E-state index in [2.05, 4.69) is 119 Å². The van der Waals surface area contributed by atoms with Crippen molar-refractivity contribution >= 4 is 128 Å². The molecule has 11 heterocycles. The Kier molecular flexibility index (Phi) is 36.7. The van der Waals surface area contributed by atoms with Gasteiger partial charge in [-0.2, -0.15) is 5.26 Å². The molecule has 11 rings (SSSR count). The van der Waals surface area contributed by atoms with Crippen LogP contribution in [-0.2, 0) is 47.7 Å². The van der Waals surface area contributed by atoms with Crippen molar-refractivity contribution in [1.29, 1.82) is 5.26 Å². The summed E-state index contributed by atoms with van der Waals surface area (Å²) in [4.78, 5) is 124. The lowest BCUT2D eigenvalue weighted by molar-refractivity contribution is -0.134. The van der Waals surface area contributed by atoms with E-state index in [-0.39, 0.29) is 46.1 Å². The van der Waals surface area contributed by atoms with Crippen molar-refractivity contribution < 1.29 is 57.2 Å². The maximum Gasteiger partial charge on any atom is 0.410 e. The van der Waals surface area contributed by atoms with Gasteiger partial charge in [-0.3, -0.25) is 38.7 Å². The van der Waals surface area contributed by atoms with E-state index in [1.807, 2.05) is 62.3 Å². The zero-order chi connectivity index (χ0) is 73.2. The molecule has 0 radical (unpaired) electrons. The molecule has 0 aromatic carbocycles. The van der Waals surface area contributed by atoms with Crippen LogP contribution in [-0.4, -0.2) is 361 Å². The minimum Gasteiger partial charge on any atom is -0.444 e. The maximum absolute atomic E-state index is 12.6. The number of thiazole rings is 1. The average molecular weight is 1630 g/mol. The second kappa shape index (κ2) is 44.4. The highest BCUT2D eigenvalue weighted by molar-refractivity contribution is 9.19. The molecule has 0 aliphatic carbocycles. The number of nitrogens with zero attached hydrogens (tertiary/aromatic N) is 17. The summed E-state index contributed by atoms with van der Waals surface area (Å²) < 4.78 is 26.4. The summed E-state index contributed by atoms with van der Waals surface area (Å²) >= 11 is 10.0. The second-order valence-corrected chi connectivity index (χ2v) is 29.1. The fraction of sp³-hybridized carbons (Fsp3) is 0.703. The summed E-state index contributed by atoms with van der Waals surface area (Å²) in [5.74, 6) is 3.42. The minimum atomic E-state index is -0.472. The second-order valence-electron chi connectivity index (χ2n) is 26.0. The third-order valence-corrected chi connectivity index (χ3v) is 19.1. The number of carbonyl (C=O) groups is 7. The molecular formula is C64H102Br3N21O12S. The van der Waals surface area contributed by atoms with Gasteiger partial charge >= 0.3 is 12.2 Å². The first-order chi connectivity index (χ1) is 48.4. The van der Waals surface area contributed by atoms with Crippen LogP contribution in [0.25, 0.3) is 0 Å². The van der Waals surface area contributed by atoms with E-state index in [1.165, 1.54) is 30.2 Å². The summed E-state index contributed by atoms with van der Waals surface area (Å²) in [5.41, 5.74) is 4.83. The highest BCUT2D eigenvalue weighted by Gasteiger charge is 2.30. The van der Waals surface area contributed by atoms with E-state index in [9.17, 15) is 33.6 Å². The van der Waals surface area contributed by atoms with Gasteiger partial charge in [-0.15, -0.1) is 0 Å². The van der Waals surface area contributed by atoms with Crippen molar-refractivity contribution in [2.75, 3.05) is 261 Å². The summed E-state index contributed by atoms with van der Waals surface area (Å²) in [5, 5.41) is 19.8. The third-order valence-electron chi connectivity index (χ3n) is 16.2. The van der Waals surface area contributed by atoms with Crippen LogP contribution in [0.4, 0.5) is 38.0 Å². The lowest BCUT2D eigenvalue weighted by atomic mass is 10.2. The fourth-order valence-electron chi connectivity index (χ4n) is 10.8. The van der Waals surface area contributed by atoms with Crippen molar-refractivity contribution in [1.82, 2.24) is 79.7 Å². The Balaban J connectivity index is 0.000000201. The summed E-state index contributed by atoms with van der Waals surface area (Å²) in [6.07, 6.45) is 4.01. The summed E-state index contributed by atoms with van der Waals surface area (Å²) in [7, 11) is 0. The number of nitrogens with one attached hydrogen (secondary N) is 3. The number of ether oxygens (including phenoxy) is 5. The Labute approximate surface area is 622 Å². The van der Waals surface area contributed by atoms with E-state index in [4.69, 9.17) is 34.7 Å². The molecule has 6 amide bonds. The standard InChI is InChI=1S/C18H22N8O2S.C14H22N6O2.C11H19BrN2O3.C10H19N3O2.C9H18N2O2.C2H2Br2O/c19-10-14-11-20-18(29-14)23-15-9-16(22-13-21-15)25-1-3-26(4-2-25)17(27)12-24-5-7-28-8-6-24;15-12-9-13(17-11-16-12)19-1-3-20(4-2-19)14(21)10-18-5-7-22-8-6-18;1-11(2,3)17-10(16)14-6-4-13(5-7-14)9(15)8-12;14-10(13-3-1-11-2-4-13)9-12-5-7-15-8-6-12;1-9(2,3)13-8(12)11-6-4-10-5-7-11;3-1-2(4)5/h9,11,13H,1-8,12H2,(H,20,21,22,23);9,11H,1-8,10H2,(H2,15,16,17);4-8H2,1-3H3;11H,1-9H2;10H,4-7H2,1-3H3;1H2. The van der Waals surface area contributed by atoms with Crippen LogP contribution < -0.4 is 31.5 Å². The molecule has 0 atom stereocenters. The number of piperazine rings is 5. The lowest BCUT2D eigenvalue weighted by Gasteiger charge is -2.36. The molecule has 37 heteroatoms. The van der Waals surface area contributed by atoms with E-state index in [0.29, 0.717) is 118 Å². The number of hydrogen-bond donors (Lipinski definition) is 4. The number of nitrogen functional groups attached to an aromatic ring is 1. The van der Waals surface area contributed by atoms with Gasteiger partial charge in [-0.1, -0.05) is 43.2 Å². The van der Waals surface area contributed by atoms with Crippen molar-refractivity contribution in [3.8, 4) is 6.07 Å². The molecule has 0 spiro atoms. The van der Waals surface area contributed by atoms with Crippen molar-refractivity contribution in [3.63, 3.8) is 0 Å². The number of rotatable bonds is 12. The van der Waals surface area contributed by atoms with Gasteiger partial charge in [0.2, 0.25) is 28.3 Å². The number of carbonyl (C=O) groups excluding carboxylic acids is 7. The molecule has 33 nitrogen and oxygen atoms in total. The topological polar surface area (TPSA) is 352 Å². The van der Waals surface area contributed by atoms with E-state index in [1.54, 1.807) is 20.8 Å². The van der Waals surface area contributed by atoms with Gasteiger partial charge in [0.15, 0.2) is 5.13 Å². The minimum absolute atomic E-state index is 0.0162. The number of hydrogen-bond acceptors (Lipinski definition) is 28. The Morgan fingerprint density at radius 1 is 0.515 bits per heavy atom. The van der Waals surface area contributed by atoms with Crippen LogP contribution in [0.2, 0.25) is 0 Å². The van der Waals surface area contributed by atoms with E-state index < -0.39 is 5.60 Å². The molecule has 5 N–H and O–H groups in total. The first-order valence-corrected chi connectivity index (χ1v) is 38.0. The molecule has 562 valence electrons. The highest BCUT2D eigenvalue weighted by atomic mass is 79.9. The largest absolute Gasteiger partial charge is 0.444 e. The SMILES string of the molecule is CC(C)(C)OC(=O)N1CCN(C(=O)CBr)CC1.CC(C)(C)OC(=O)N1CCNCC1.N#Cc1cnc(Nc2cc(N3CCN(C(=O)CN4CCOCC4)CC3)ncn2)s1.Nc1cc(N2CCN(C(=O)CN3CCOCC3)CC2)ncn1.O=C(Br)CBr.O=C(CN1CCOCC1)N1CCNCC1. The monoisotopic (exact) mass is 1630 g/mol. The van der Waals surface area contributed by atoms with Crippen molar-refractivity contribution in [2.45, 2.75) is 52.7 Å². The predicted octanol–water partition coefficient (Wildman–Crippen LogP) is 1.91. The lowest BCUT2D eigenvalue weighted by Crippen LogP contribution is -2.52. The fourth-order valence-corrected chi connectivity index (χ4v) is 11.8. The van der Waals surface area contributed by atoms with Gasteiger partial charge in [-0.25, -0.2) is 34.5 Å². The Hall–Kier alpha value is -6.31. The van der Waals surface area contributed by atoms with Gasteiger partial charge < -0.3 is 84.6 Å². The molecule has 8 aliphatic rings. The first kappa shape index (κ1) is 83.6. The van der Waals surface area contributed by atoms with Crippen LogP contribution >= 0.6 is 59.1 Å². The van der Waals surface area contributed by atoms with Crippen LogP contribution in [0.5, 0.6) is 0 Å². The number of amides is 6. The van der Waals surface area contributed by atoms with E-state index >= 15 is 0 Å². The number of anilines is 5. The molecule has 0 saturated carbocycles. The van der Waals surface area contributed by atoms with Gasteiger partial charge in [0.25, 0.3) is 0 Å². The molecule has 0 bridgehead atoms. The van der Waals surface area contributed by atoms with E-state index in [0.717, 1.165) is 156 Å².